The fourth-order valence-electron chi connectivity index (χ4n) is 1.50. The molecule has 0 aromatic heterocycles. The molecule has 0 fully saturated rings. The first-order valence-corrected chi connectivity index (χ1v) is 6.01. The Kier molecular flexibility index (Phi) is 4.35. The molecule has 4 heteroatoms. The molecule has 0 spiro atoms. The van der Waals surface area contributed by atoms with Gasteiger partial charge in [0.1, 0.15) is 0 Å². The van der Waals surface area contributed by atoms with Crippen molar-refractivity contribution in [2.75, 3.05) is 11.9 Å². The number of rotatable bonds is 4. The van der Waals surface area contributed by atoms with Gasteiger partial charge in [0, 0.05) is 11.0 Å². The quantitative estimate of drug-likeness (QED) is 0.893. The summed E-state index contributed by atoms with van der Waals surface area (Å²) >= 11 is 3.51. The maximum absolute atomic E-state index is 10.9. The van der Waals surface area contributed by atoms with Crippen LogP contribution in [0.2, 0.25) is 0 Å². The number of anilines is 1. The van der Waals surface area contributed by atoms with E-state index in [-0.39, 0.29) is 11.8 Å². The zero-order valence-electron chi connectivity index (χ0n) is 9.80. The van der Waals surface area contributed by atoms with Gasteiger partial charge in [-0.2, -0.15) is 0 Å². The lowest BCUT2D eigenvalue weighted by Gasteiger charge is -2.15. The van der Waals surface area contributed by atoms with Crippen LogP contribution in [0.25, 0.3) is 0 Å². The first-order valence-electron chi connectivity index (χ1n) is 5.21. The molecule has 0 aliphatic heterocycles. The number of carbonyl (C=O) groups is 1. The maximum atomic E-state index is 10.9. The van der Waals surface area contributed by atoms with Crippen molar-refractivity contribution in [2.45, 2.75) is 20.8 Å². The van der Waals surface area contributed by atoms with Crippen LogP contribution < -0.4 is 11.1 Å². The molecule has 0 radical (unpaired) electrons. The molecule has 3 nitrogen and oxygen atoms in total. The van der Waals surface area contributed by atoms with Crippen molar-refractivity contribution in [3.8, 4) is 0 Å². The summed E-state index contributed by atoms with van der Waals surface area (Å²) in [5.41, 5.74) is 8.60. The highest BCUT2D eigenvalue weighted by atomic mass is 79.9. The number of hydrogen-bond acceptors (Lipinski definition) is 2. The van der Waals surface area contributed by atoms with Crippen molar-refractivity contribution in [1.29, 1.82) is 0 Å². The molecule has 3 N–H and O–H groups in total. The van der Waals surface area contributed by atoms with Gasteiger partial charge in [-0.15, -0.1) is 0 Å². The largest absolute Gasteiger partial charge is 0.383 e. The van der Waals surface area contributed by atoms with Crippen LogP contribution in [0.5, 0.6) is 0 Å². The van der Waals surface area contributed by atoms with Crippen LogP contribution in [-0.2, 0) is 4.79 Å². The molecular weight excluding hydrogens is 268 g/mol. The average Bonchev–Trinajstić information content (AvgIpc) is 2.15. The maximum Gasteiger partial charge on any atom is 0.222 e. The van der Waals surface area contributed by atoms with Crippen LogP contribution in [0.4, 0.5) is 5.69 Å². The fraction of sp³-hybridized carbons (Fsp3) is 0.417. The SMILES string of the molecule is Cc1cc(C)c(NCC(C)C(N)=O)c(Br)c1. The second-order valence-corrected chi connectivity index (χ2v) is 4.98. The Hall–Kier alpha value is -1.03. The average molecular weight is 285 g/mol. The Labute approximate surface area is 105 Å². The number of nitrogens with two attached hydrogens (primary N) is 1. The van der Waals surface area contributed by atoms with E-state index in [4.69, 9.17) is 5.73 Å². The molecule has 1 rings (SSSR count). The third-order valence-electron chi connectivity index (χ3n) is 2.50. The van der Waals surface area contributed by atoms with Crippen LogP contribution >= 0.6 is 15.9 Å². The van der Waals surface area contributed by atoms with Crippen LogP contribution in [0, 0.1) is 19.8 Å². The third kappa shape index (κ3) is 3.23. The van der Waals surface area contributed by atoms with Gasteiger partial charge in [-0.25, -0.2) is 0 Å². The standard InChI is InChI=1S/C12H17BrN2O/c1-7-4-8(2)11(10(13)5-7)15-6-9(3)12(14)16/h4-5,9,15H,6H2,1-3H3,(H2,14,16). The van der Waals surface area contributed by atoms with E-state index >= 15 is 0 Å². The van der Waals surface area contributed by atoms with Crippen molar-refractivity contribution in [3.05, 3.63) is 27.7 Å². The van der Waals surface area contributed by atoms with Crippen LogP contribution in [0.15, 0.2) is 16.6 Å². The number of nitrogens with one attached hydrogen (secondary N) is 1. The van der Waals surface area contributed by atoms with Crippen LogP contribution in [0.1, 0.15) is 18.1 Å². The monoisotopic (exact) mass is 284 g/mol. The highest BCUT2D eigenvalue weighted by Gasteiger charge is 2.10. The van der Waals surface area contributed by atoms with Crippen molar-refractivity contribution in [1.82, 2.24) is 0 Å². The van der Waals surface area contributed by atoms with Gasteiger partial charge in [-0.05, 0) is 47.0 Å². The lowest BCUT2D eigenvalue weighted by Crippen LogP contribution is -2.27. The van der Waals surface area contributed by atoms with Gasteiger partial charge < -0.3 is 11.1 Å². The van der Waals surface area contributed by atoms with E-state index in [1.54, 1.807) is 0 Å². The molecule has 0 aliphatic carbocycles. The first-order chi connectivity index (χ1) is 7.41. The number of halogens is 1. The molecule has 88 valence electrons. The fourth-order valence-corrected chi connectivity index (χ4v) is 2.31. The van der Waals surface area contributed by atoms with Crippen molar-refractivity contribution in [3.63, 3.8) is 0 Å². The summed E-state index contributed by atoms with van der Waals surface area (Å²) in [6.07, 6.45) is 0. The van der Waals surface area contributed by atoms with E-state index in [0.717, 1.165) is 15.7 Å². The normalized spacial score (nSPS) is 12.2. The first kappa shape index (κ1) is 13.0. The third-order valence-corrected chi connectivity index (χ3v) is 3.13. The summed E-state index contributed by atoms with van der Waals surface area (Å²) in [7, 11) is 0. The van der Waals surface area contributed by atoms with Crippen molar-refractivity contribution < 1.29 is 4.79 Å². The molecule has 1 unspecified atom stereocenters. The van der Waals surface area contributed by atoms with Crippen molar-refractivity contribution >= 4 is 27.5 Å². The summed E-state index contributed by atoms with van der Waals surface area (Å²) in [5.74, 6) is -0.457. The highest BCUT2D eigenvalue weighted by molar-refractivity contribution is 9.10. The second kappa shape index (κ2) is 5.34. The number of amides is 1. The van der Waals surface area contributed by atoms with Crippen LogP contribution in [-0.4, -0.2) is 12.5 Å². The summed E-state index contributed by atoms with van der Waals surface area (Å²) < 4.78 is 1.02. The number of aryl methyl sites for hydroxylation is 2. The van der Waals surface area contributed by atoms with Gasteiger partial charge in [0.2, 0.25) is 5.91 Å². The molecule has 0 bridgehead atoms. The molecule has 0 saturated heterocycles. The minimum Gasteiger partial charge on any atom is -0.383 e. The second-order valence-electron chi connectivity index (χ2n) is 4.12. The van der Waals surface area contributed by atoms with E-state index < -0.39 is 0 Å². The van der Waals surface area contributed by atoms with E-state index in [1.165, 1.54) is 5.56 Å². The number of primary amides is 1. The Morgan fingerprint density at radius 1 is 1.50 bits per heavy atom. The van der Waals surface area contributed by atoms with E-state index in [9.17, 15) is 4.79 Å². The molecule has 0 heterocycles. The van der Waals surface area contributed by atoms with Gasteiger partial charge >= 0.3 is 0 Å². The zero-order chi connectivity index (χ0) is 12.3. The van der Waals surface area contributed by atoms with Gasteiger partial charge in [0.15, 0.2) is 0 Å². The minimum atomic E-state index is -0.284. The smallest absolute Gasteiger partial charge is 0.222 e. The predicted octanol–water partition coefficient (Wildman–Crippen LogP) is 2.60. The minimum absolute atomic E-state index is 0.174. The summed E-state index contributed by atoms with van der Waals surface area (Å²) in [6.45, 7) is 6.45. The zero-order valence-corrected chi connectivity index (χ0v) is 11.4. The summed E-state index contributed by atoms with van der Waals surface area (Å²) in [4.78, 5) is 10.9. The summed E-state index contributed by atoms with van der Waals surface area (Å²) in [5, 5.41) is 3.24. The predicted molar refractivity (Wildman–Crippen MR) is 70.5 cm³/mol. The topological polar surface area (TPSA) is 55.1 Å². The van der Waals surface area contributed by atoms with Gasteiger partial charge in [0.25, 0.3) is 0 Å². The molecular formula is C12H17BrN2O. The molecule has 0 saturated carbocycles. The van der Waals surface area contributed by atoms with E-state index in [1.807, 2.05) is 26.8 Å². The molecule has 0 aliphatic rings. The molecule has 1 atom stereocenters. The van der Waals surface area contributed by atoms with Gasteiger partial charge in [-0.1, -0.05) is 13.0 Å². The summed E-state index contributed by atoms with van der Waals surface area (Å²) in [6, 6.07) is 4.15. The Morgan fingerprint density at radius 3 is 2.62 bits per heavy atom. The Bertz CT molecular complexity index is 381. The number of hydrogen-bond donors (Lipinski definition) is 2. The lowest BCUT2D eigenvalue weighted by atomic mass is 10.1. The molecule has 16 heavy (non-hydrogen) atoms. The van der Waals surface area contributed by atoms with Gasteiger partial charge in [0.05, 0.1) is 11.6 Å². The lowest BCUT2D eigenvalue weighted by molar-refractivity contribution is -0.120. The van der Waals surface area contributed by atoms with E-state index in [0.29, 0.717) is 6.54 Å². The highest BCUT2D eigenvalue weighted by Crippen LogP contribution is 2.27. The number of carbonyl (C=O) groups excluding carboxylic acids is 1. The van der Waals surface area contributed by atoms with Gasteiger partial charge in [-0.3, -0.25) is 4.79 Å². The van der Waals surface area contributed by atoms with Crippen LogP contribution in [0.3, 0.4) is 0 Å². The molecule has 1 aromatic rings. The number of benzene rings is 1. The Morgan fingerprint density at radius 2 is 2.12 bits per heavy atom. The molecule has 1 amide bonds. The Balaban J connectivity index is 2.78. The van der Waals surface area contributed by atoms with E-state index in [2.05, 4.69) is 27.3 Å². The molecule has 1 aromatic carbocycles. The van der Waals surface area contributed by atoms with Crippen molar-refractivity contribution in [2.24, 2.45) is 11.7 Å².